The number of hydrogen-bond donors (Lipinski definition) is 2. The molecule has 0 saturated heterocycles. The highest BCUT2D eigenvalue weighted by molar-refractivity contribution is 9.10. The molecule has 0 aliphatic heterocycles. The van der Waals surface area contributed by atoms with Crippen LogP contribution in [-0.4, -0.2) is 18.2 Å². The normalized spacial score (nSPS) is 10.5. The van der Waals surface area contributed by atoms with Gasteiger partial charge in [-0.15, -0.1) is 0 Å². The van der Waals surface area contributed by atoms with Crippen LogP contribution in [0.3, 0.4) is 0 Å². The number of anilines is 1. The molecule has 0 heterocycles. The van der Waals surface area contributed by atoms with Gasteiger partial charge in [0.25, 0.3) is 0 Å². The van der Waals surface area contributed by atoms with Gasteiger partial charge in [-0.1, -0.05) is 41.4 Å². The molecular weight excluding hydrogens is 470 g/mol. The van der Waals surface area contributed by atoms with Crippen LogP contribution in [0.25, 0.3) is 0 Å². The Hall–Kier alpha value is -2.70. The number of carbonyl (C=O) groups is 1. The van der Waals surface area contributed by atoms with Gasteiger partial charge in [-0.05, 0) is 64.3 Å². The van der Waals surface area contributed by atoms with Gasteiger partial charge in [-0.25, -0.2) is 4.79 Å². The summed E-state index contributed by atoms with van der Waals surface area (Å²) in [5, 5.41) is 12.6. The van der Waals surface area contributed by atoms with Crippen LogP contribution >= 0.6 is 27.5 Å². The Labute approximate surface area is 188 Å². The van der Waals surface area contributed by atoms with Crippen molar-refractivity contribution in [2.75, 3.05) is 12.4 Å². The monoisotopic (exact) mass is 489 g/mol. The fourth-order valence-corrected chi connectivity index (χ4v) is 3.78. The topological polar surface area (TPSA) is 67.8 Å². The fraction of sp³-hybridized carbons (Fsp3) is 0.174. The molecule has 0 amide bonds. The molecule has 2 N–H and O–H groups in total. The van der Waals surface area contributed by atoms with Gasteiger partial charge in [-0.3, -0.25) is 0 Å². The molecule has 0 saturated carbocycles. The first kappa shape index (κ1) is 22.0. The highest BCUT2D eigenvalue weighted by atomic mass is 79.9. The number of ether oxygens (including phenoxy) is 2. The Kier molecular flexibility index (Phi) is 7.24. The highest BCUT2D eigenvalue weighted by Gasteiger charge is 2.13. The maximum atomic E-state index is 11.2. The molecule has 0 aromatic heterocycles. The van der Waals surface area contributed by atoms with Crippen molar-refractivity contribution in [3.63, 3.8) is 0 Å². The third kappa shape index (κ3) is 5.46. The van der Waals surface area contributed by atoms with E-state index >= 15 is 0 Å². The predicted octanol–water partition coefficient (Wildman–Crippen LogP) is 6.31. The van der Waals surface area contributed by atoms with Crippen LogP contribution in [0.1, 0.15) is 27.0 Å². The zero-order valence-electron chi connectivity index (χ0n) is 16.5. The second-order valence-electron chi connectivity index (χ2n) is 6.74. The molecule has 0 radical (unpaired) electrons. The summed E-state index contributed by atoms with van der Waals surface area (Å²) in [6, 6.07) is 16.8. The zero-order chi connectivity index (χ0) is 21.7. The van der Waals surface area contributed by atoms with E-state index in [1.807, 2.05) is 37.3 Å². The maximum Gasteiger partial charge on any atom is 0.337 e. The number of carboxylic acid groups (broad SMARTS) is 1. The number of hydrogen-bond acceptors (Lipinski definition) is 4. The SMILES string of the molecule is COc1cc(CNc2ccc(Cl)c(C(=O)O)c2)cc(Br)c1OCc1cccc(C)c1. The summed E-state index contributed by atoms with van der Waals surface area (Å²) in [4.78, 5) is 11.2. The van der Waals surface area contributed by atoms with Gasteiger partial charge in [0.1, 0.15) is 6.61 Å². The Morgan fingerprint density at radius 3 is 2.63 bits per heavy atom. The number of benzene rings is 3. The summed E-state index contributed by atoms with van der Waals surface area (Å²) in [6.45, 7) is 2.94. The summed E-state index contributed by atoms with van der Waals surface area (Å²) in [5.74, 6) is 0.168. The molecule has 5 nitrogen and oxygen atoms in total. The summed E-state index contributed by atoms with van der Waals surface area (Å²) in [6.07, 6.45) is 0. The highest BCUT2D eigenvalue weighted by Crippen LogP contribution is 2.37. The molecule has 0 atom stereocenters. The number of nitrogens with one attached hydrogen (secondary N) is 1. The average molecular weight is 491 g/mol. The van der Waals surface area contributed by atoms with Crippen molar-refractivity contribution < 1.29 is 19.4 Å². The van der Waals surface area contributed by atoms with Crippen molar-refractivity contribution in [2.45, 2.75) is 20.1 Å². The van der Waals surface area contributed by atoms with Crippen LogP contribution in [-0.2, 0) is 13.2 Å². The smallest absolute Gasteiger partial charge is 0.337 e. The molecular formula is C23H21BrClNO4. The first-order valence-corrected chi connectivity index (χ1v) is 10.4. The van der Waals surface area contributed by atoms with Gasteiger partial charge in [-0.2, -0.15) is 0 Å². The predicted molar refractivity (Wildman–Crippen MR) is 122 cm³/mol. The first-order chi connectivity index (χ1) is 14.4. The van der Waals surface area contributed by atoms with Crippen LogP contribution in [0.5, 0.6) is 11.5 Å². The molecule has 0 spiro atoms. The van der Waals surface area contributed by atoms with Gasteiger partial charge >= 0.3 is 5.97 Å². The fourth-order valence-electron chi connectivity index (χ4n) is 2.98. The van der Waals surface area contributed by atoms with E-state index in [1.54, 1.807) is 19.2 Å². The van der Waals surface area contributed by atoms with Crippen molar-refractivity contribution in [3.8, 4) is 11.5 Å². The number of carboxylic acids is 1. The van der Waals surface area contributed by atoms with Crippen molar-refractivity contribution in [1.29, 1.82) is 0 Å². The third-order valence-electron chi connectivity index (χ3n) is 4.45. The lowest BCUT2D eigenvalue weighted by molar-refractivity contribution is 0.0697. The van der Waals surface area contributed by atoms with Crippen molar-refractivity contribution >= 4 is 39.2 Å². The van der Waals surface area contributed by atoms with E-state index in [0.717, 1.165) is 15.6 Å². The number of rotatable bonds is 8. The lowest BCUT2D eigenvalue weighted by atomic mass is 10.1. The summed E-state index contributed by atoms with van der Waals surface area (Å²) in [5.41, 5.74) is 3.91. The summed E-state index contributed by atoms with van der Waals surface area (Å²) < 4.78 is 12.3. The minimum Gasteiger partial charge on any atom is -0.493 e. The number of halogens is 2. The standard InChI is InChI=1S/C23H21BrClNO4/c1-14-4-3-5-15(8-14)13-30-22-19(24)9-16(10-21(22)29-2)12-26-17-6-7-20(25)18(11-17)23(27)28/h3-11,26H,12-13H2,1-2H3,(H,27,28). The minimum absolute atomic E-state index is 0.0559. The molecule has 30 heavy (non-hydrogen) atoms. The van der Waals surface area contributed by atoms with Crippen LogP contribution < -0.4 is 14.8 Å². The Balaban J connectivity index is 1.73. The van der Waals surface area contributed by atoms with Gasteiger partial charge in [0, 0.05) is 12.2 Å². The molecule has 7 heteroatoms. The quantitative estimate of drug-likeness (QED) is 0.387. The van der Waals surface area contributed by atoms with E-state index in [1.165, 1.54) is 11.6 Å². The van der Waals surface area contributed by atoms with Crippen LogP contribution in [0, 0.1) is 6.92 Å². The van der Waals surface area contributed by atoms with Gasteiger partial charge in [0.05, 0.1) is 22.2 Å². The lowest BCUT2D eigenvalue weighted by Crippen LogP contribution is -2.04. The molecule has 0 bridgehead atoms. The number of aryl methyl sites for hydroxylation is 1. The zero-order valence-corrected chi connectivity index (χ0v) is 18.9. The van der Waals surface area contributed by atoms with Crippen molar-refractivity contribution in [2.24, 2.45) is 0 Å². The van der Waals surface area contributed by atoms with Gasteiger partial charge in [0.2, 0.25) is 0 Å². The van der Waals surface area contributed by atoms with Crippen molar-refractivity contribution in [1.82, 2.24) is 0 Å². The van der Waals surface area contributed by atoms with Crippen molar-refractivity contribution in [3.05, 3.63) is 86.3 Å². The van der Waals surface area contributed by atoms with E-state index in [9.17, 15) is 9.90 Å². The summed E-state index contributed by atoms with van der Waals surface area (Å²) >= 11 is 9.49. The van der Waals surface area contributed by atoms with Gasteiger partial charge < -0.3 is 19.9 Å². The van der Waals surface area contributed by atoms with Crippen LogP contribution in [0.2, 0.25) is 5.02 Å². The Bertz CT molecular complexity index is 1070. The van der Waals surface area contributed by atoms with E-state index in [4.69, 9.17) is 21.1 Å². The van der Waals surface area contributed by atoms with E-state index in [0.29, 0.717) is 30.3 Å². The molecule has 3 aromatic carbocycles. The molecule has 0 fully saturated rings. The van der Waals surface area contributed by atoms with E-state index in [-0.39, 0.29) is 10.6 Å². The number of methoxy groups -OCH3 is 1. The molecule has 3 aromatic rings. The molecule has 0 aliphatic carbocycles. The Morgan fingerprint density at radius 2 is 1.93 bits per heavy atom. The third-order valence-corrected chi connectivity index (χ3v) is 5.37. The van der Waals surface area contributed by atoms with Gasteiger partial charge in [0.15, 0.2) is 11.5 Å². The lowest BCUT2D eigenvalue weighted by Gasteiger charge is -2.15. The largest absolute Gasteiger partial charge is 0.493 e. The second-order valence-corrected chi connectivity index (χ2v) is 8.00. The Morgan fingerprint density at radius 1 is 1.13 bits per heavy atom. The van der Waals surface area contributed by atoms with Crippen LogP contribution in [0.15, 0.2) is 59.1 Å². The first-order valence-electron chi connectivity index (χ1n) is 9.19. The molecule has 3 rings (SSSR count). The number of aromatic carboxylic acids is 1. The maximum absolute atomic E-state index is 11.2. The minimum atomic E-state index is -1.07. The molecule has 156 valence electrons. The molecule has 0 unspecified atom stereocenters. The molecule has 0 aliphatic rings. The van der Waals surface area contributed by atoms with E-state index in [2.05, 4.69) is 27.3 Å². The van der Waals surface area contributed by atoms with Crippen LogP contribution in [0.4, 0.5) is 5.69 Å². The second kappa shape index (κ2) is 9.87. The average Bonchev–Trinajstić information content (AvgIpc) is 2.71. The van der Waals surface area contributed by atoms with E-state index < -0.39 is 5.97 Å². The summed E-state index contributed by atoms with van der Waals surface area (Å²) in [7, 11) is 1.59.